The van der Waals surface area contributed by atoms with Gasteiger partial charge in [-0.25, -0.2) is 8.42 Å². The lowest BCUT2D eigenvalue weighted by Crippen LogP contribution is -2.42. The van der Waals surface area contributed by atoms with Crippen molar-refractivity contribution in [1.82, 2.24) is 14.8 Å². The van der Waals surface area contributed by atoms with E-state index in [-0.39, 0.29) is 10.9 Å². The lowest BCUT2D eigenvalue weighted by atomic mass is 10.2. The molecule has 1 atom stereocenters. The predicted octanol–water partition coefficient (Wildman–Crippen LogP) is 1.44. The van der Waals surface area contributed by atoms with E-state index in [0.29, 0.717) is 30.5 Å². The quantitative estimate of drug-likeness (QED) is 0.860. The smallest absolute Gasteiger partial charge is 0.248 e. The molecular formula is C14H23N3O3S. The fourth-order valence-electron chi connectivity index (χ4n) is 2.99. The van der Waals surface area contributed by atoms with E-state index in [1.807, 2.05) is 0 Å². The first-order chi connectivity index (χ1) is 9.98. The molecule has 1 unspecified atom stereocenters. The summed E-state index contributed by atoms with van der Waals surface area (Å²) in [4.78, 5) is 0.251. The molecular weight excluding hydrogens is 290 g/mol. The average Bonchev–Trinajstić information content (AvgIpc) is 2.95. The summed E-state index contributed by atoms with van der Waals surface area (Å²) in [5.74, 6) is 0.898. The Bertz CT molecular complexity index is 581. The van der Waals surface area contributed by atoms with E-state index in [9.17, 15) is 8.42 Å². The molecule has 0 bridgehead atoms. The first-order valence-corrected chi connectivity index (χ1v) is 9.09. The minimum Gasteiger partial charge on any atom is -0.360 e. The molecule has 1 aromatic rings. The number of aromatic nitrogens is 1. The van der Waals surface area contributed by atoms with Gasteiger partial charge < -0.3 is 9.84 Å². The Balaban J connectivity index is 1.86. The van der Waals surface area contributed by atoms with Crippen LogP contribution < -0.4 is 5.32 Å². The molecule has 0 spiro atoms. The van der Waals surface area contributed by atoms with Gasteiger partial charge in [0, 0.05) is 19.1 Å². The second-order valence-electron chi connectivity index (χ2n) is 6.21. The summed E-state index contributed by atoms with van der Waals surface area (Å²) in [6.45, 7) is 5.49. The van der Waals surface area contributed by atoms with Crippen LogP contribution in [-0.4, -0.2) is 43.6 Å². The highest BCUT2D eigenvalue weighted by Crippen LogP contribution is 2.33. The fourth-order valence-corrected chi connectivity index (χ4v) is 4.84. The first kappa shape index (κ1) is 15.0. The molecule has 7 heteroatoms. The summed E-state index contributed by atoms with van der Waals surface area (Å²) >= 11 is 0. The molecule has 2 heterocycles. The monoisotopic (exact) mass is 313 g/mol. The standard InChI is InChI=1S/C14H23N3O3S/c1-10-14(11(2)20-16-10)21(18,19)17(8-12-5-6-12)9-13-4-3-7-15-13/h12-13,15H,3-9H2,1-2H3. The molecule has 2 aliphatic rings. The predicted molar refractivity (Wildman–Crippen MR) is 78.5 cm³/mol. The maximum Gasteiger partial charge on any atom is 0.248 e. The molecule has 1 aromatic heterocycles. The molecule has 2 fully saturated rings. The van der Waals surface area contributed by atoms with E-state index in [4.69, 9.17) is 4.52 Å². The van der Waals surface area contributed by atoms with Gasteiger partial charge in [-0.3, -0.25) is 0 Å². The summed E-state index contributed by atoms with van der Waals surface area (Å²) in [5, 5.41) is 7.18. The third kappa shape index (κ3) is 3.14. The normalized spacial score (nSPS) is 23.1. The lowest BCUT2D eigenvalue weighted by molar-refractivity contribution is 0.356. The van der Waals surface area contributed by atoms with Crippen molar-refractivity contribution in [3.05, 3.63) is 11.5 Å². The minimum absolute atomic E-state index is 0.251. The molecule has 1 aliphatic carbocycles. The minimum atomic E-state index is -3.52. The van der Waals surface area contributed by atoms with Crippen molar-refractivity contribution in [3.8, 4) is 0 Å². The second-order valence-corrected chi connectivity index (χ2v) is 8.09. The van der Waals surface area contributed by atoms with Crippen molar-refractivity contribution in [2.45, 2.75) is 50.5 Å². The van der Waals surface area contributed by atoms with Crippen LogP contribution in [0, 0.1) is 19.8 Å². The van der Waals surface area contributed by atoms with Gasteiger partial charge in [0.25, 0.3) is 0 Å². The summed E-state index contributed by atoms with van der Waals surface area (Å²) in [7, 11) is -3.52. The highest BCUT2D eigenvalue weighted by Gasteiger charge is 2.36. The van der Waals surface area contributed by atoms with Gasteiger partial charge in [-0.1, -0.05) is 5.16 Å². The van der Waals surface area contributed by atoms with E-state index >= 15 is 0 Å². The Labute approximate surface area is 125 Å². The zero-order chi connectivity index (χ0) is 15.0. The molecule has 118 valence electrons. The number of hydrogen-bond acceptors (Lipinski definition) is 5. The van der Waals surface area contributed by atoms with Gasteiger partial charge in [0.2, 0.25) is 10.0 Å². The average molecular weight is 313 g/mol. The molecule has 0 amide bonds. The summed E-state index contributed by atoms with van der Waals surface area (Å²) in [5.41, 5.74) is 0.452. The number of sulfonamides is 1. The van der Waals surface area contributed by atoms with Crippen LogP contribution in [0.1, 0.15) is 37.1 Å². The SMILES string of the molecule is Cc1noc(C)c1S(=O)(=O)N(CC1CC1)CC1CCCN1. The molecule has 0 radical (unpaired) electrons. The van der Waals surface area contributed by atoms with Gasteiger partial charge >= 0.3 is 0 Å². The van der Waals surface area contributed by atoms with Gasteiger partial charge in [-0.05, 0) is 52.0 Å². The third-order valence-corrected chi connectivity index (χ3v) is 6.39. The van der Waals surface area contributed by atoms with Crippen LogP contribution >= 0.6 is 0 Å². The van der Waals surface area contributed by atoms with Crippen molar-refractivity contribution in [2.24, 2.45) is 5.92 Å². The first-order valence-electron chi connectivity index (χ1n) is 7.65. The number of nitrogens with zero attached hydrogens (tertiary/aromatic N) is 2. The maximum atomic E-state index is 13.0. The Hall–Kier alpha value is -0.920. The van der Waals surface area contributed by atoms with Gasteiger partial charge in [0.1, 0.15) is 10.6 Å². The Kier molecular flexibility index (Phi) is 4.07. The van der Waals surface area contributed by atoms with Crippen LogP contribution in [-0.2, 0) is 10.0 Å². The van der Waals surface area contributed by atoms with Crippen LogP contribution in [0.15, 0.2) is 9.42 Å². The summed E-state index contributed by atoms with van der Waals surface area (Å²) < 4.78 is 32.7. The number of hydrogen-bond donors (Lipinski definition) is 1. The highest BCUT2D eigenvalue weighted by atomic mass is 32.2. The molecule has 6 nitrogen and oxygen atoms in total. The maximum absolute atomic E-state index is 13.0. The molecule has 1 N–H and O–H groups in total. The second kappa shape index (κ2) is 5.70. The van der Waals surface area contributed by atoms with Crippen LogP contribution in [0.5, 0.6) is 0 Å². The van der Waals surface area contributed by atoms with Gasteiger partial charge in [0.05, 0.1) is 0 Å². The van der Waals surface area contributed by atoms with E-state index in [1.165, 1.54) is 0 Å². The fraction of sp³-hybridized carbons (Fsp3) is 0.786. The molecule has 0 aromatic carbocycles. The summed E-state index contributed by atoms with van der Waals surface area (Å²) in [6, 6.07) is 0.263. The van der Waals surface area contributed by atoms with Gasteiger partial charge in [-0.15, -0.1) is 0 Å². The Morgan fingerprint density at radius 1 is 1.29 bits per heavy atom. The van der Waals surface area contributed by atoms with Crippen molar-refractivity contribution in [2.75, 3.05) is 19.6 Å². The number of nitrogens with one attached hydrogen (secondary N) is 1. The van der Waals surface area contributed by atoms with Crippen LogP contribution in [0.25, 0.3) is 0 Å². The molecule has 3 rings (SSSR count). The summed E-state index contributed by atoms with van der Waals surface area (Å²) in [6.07, 6.45) is 4.42. The van der Waals surface area contributed by atoms with E-state index in [0.717, 1.165) is 32.2 Å². The Morgan fingerprint density at radius 3 is 2.57 bits per heavy atom. The number of aryl methyl sites for hydroxylation is 2. The van der Waals surface area contributed by atoms with Crippen molar-refractivity contribution in [3.63, 3.8) is 0 Å². The van der Waals surface area contributed by atoms with Crippen molar-refractivity contribution in [1.29, 1.82) is 0 Å². The molecule has 1 aliphatic heterocycles. The zero-order valence-corrected chi connectivity index (χ0v) is 13.4. The molecule has 1 saturated heterocycles. The zero-order valence-electron chi connectivity index (χ0n) is 12.6. The van der Waals surface area contributed by atoms with E-state index in [2.05, 4.69) is 10.5 Å². The number of rotatable bonds is 6. The third-order valence-electron chi connectivity index (χ3n) is 4.31. The van der Waals surface area contributed by atoms with Crippen LogP contribution in [0.2, 0.25) is 0 Å². The van der Waals surface area contributed by atoms with Crippen molar-refractivity contribution < 1.29 is 12.9 Å². The van der Waals surface area contributed by atoms with Gasteiger partial charge in [0.15, 0.2) is 5.76 Å². The highest BCUT2D eigenvalue weighted by molar-refractivity contribution is 7.89. The molecule has 1 saturated carbocycles. The largest absolute Gasteiger partial charge is 0.360 e. The Morgan fingerprint density at radius 2 is 2.05 bits per heavy atom. The lowest BCUT2D eigenvalue weighted by Gasteiger charge is -2.25. The topological polar surface area (TPSA) is 75.4 Å². The van der Waals surface area contributed by atoms with E-state index in [1.54, 1.807) is 18.2 Å². The van der Waals surface area contributed by atoms with Crippen molar-refractivity contribution >= 4 is 10.0 Å². The van der Waals surface area contributed by atoms with Crippen LogP contribution in [0.3, 0.4) is 0 Å². The van der Waals surface area contributed by atoms with Gasteiger partial charge in [-0.2, -0.15) is 4.31 Å². The van der Waals surface area contributed by atoms with E-state index < -0.39 is 10.0 Å². The molecule has 21 heavy (non-hydrogen) atoms. The van der Waals surface area contributed by atoms with Crippen LogP contribution in [0.4, 0.5) is 0 Å².